The molecule has 0 aliphatic rings. The molecule has 0 aliphatic heterocycles. The zero-order chi connectivity index (χ0) is 22.5. The van der Waals surface area contributed by atoms with Gasteiger partial charge in [-0.25, -0.2) is 9.97 Å². The standard InChI is InChI=1S/C25H38N6/c1-17(2)15-30(16-18(3)4)23-9-8-22-24(29-23)31(11-7-10-26)25(28-22)27-21-13-19(5)12-20(6)14-21/h8-9,12-14,17-18H,7,10-11,15-16,26H2,1-6H3,(H,27,28). The summed E-state index contributed by atoms with van der Waals surface area (Å²) in [5, 5.41) is 3.52. The molecule has 3 N–H and O–H groups in total. The molecule has 0 aliphatic carbocycles. The van der Waals surface area contributed by atoms with Gasteiger partial charge in [-0.1, -0.05) is 33.8 Å². The van der Waals surface area contributed by atoms with Gasteiger partial charge in [0.15, 0.2) is 5.65 Å². The summed E-state index contributed by atoms with van der Waals surface area (Å²) in [4.78, 5) is 12.3. The summed E-state index contributed by atoms with van der Waals surface area (Å²) in [6.45, 7) is 16.6. The molecule has 0 fully saturated rings. The fourth-order valence-electron chi connectivity index (χ4n) is 4.04. The molecule has 168 valence electrons. The Kier molecular flexibility index (Phi) is 7.55. The van der Waals surface area contributed by atoms with Crippen LogP contribution in [0.4, 0.5) is 17.5 Å². The molecule has 0 amide bonds. The van der Waals surface area contributed by atoms with Gasteiger partial charge < -0.3 is 16.0 Å². The van der Waals surface area contributed by atoms with Crippen LogP contribution in [0.25, 0.3) is 11.2 Å². The maximum absolute atomic E-state index is 5.84. The lowest BCUT2D eigenvalue weighted by atomic mass is 10.1. The number of fused-ring (bicyclic) bond motifs is 1. The second-order valence-electron chi connectivity index (χ2n) is 9.44. The van der Waals surface area contributed by atoms with E-state index in [0.717, 1.165) is 54.7 Å². The molecule has 3 aromatic rings. The predicted octanol–water partition coefficient (Wildman–Crippen LogP) is 5.26. The molecule has 1 aromatic carbocycles. The third-order valence-electron chi connectivity index (χ3n) is 5.14. The van der Waals surface area contributed by atoms with E-state index in [2.05, 4.69) is 86.7 Å². The van der Waals surface area contributed by atoms with Crippen molar-refractivity contribution in [1.82, 2.24) is 14.5 Å². The van der Waals surface area contributed by atoms with E-state index in [9.17, 15) is 0 Å². The van der Waals surface area contributed by atoms with Gasteiger partial charge in [0.1, 0.15) is 11.3 Å². The topological polar surface area (TPSA) is 72.0 Å². The van der Waals surface area contributed by atoms with E-state index in [1.165, 1.54) is 11.1 Å². The quantitative estimate of drug-likeness (QED) is 0.466. The Morgan fingerprint density at radius 3 is 2.19 bits per heavy atom. The number of rotatable bonds is 10. The van der Waals surface area contributed by atoms with Gasteiger partial charge in [0.2, 0.25) is 5.95 Å². The van der Waals surface area contributed by atoms with Crippen LogP contribution in [0.15, 0.2) is 30.3 Å². The van der Waals surface area contributed by atoms with Crippen molar-refractivity contribution in [2.75, 3.05) is 29.9 Å². The molecule has 6 nitrogen and oxygen atoms in total. The normalized spacial score (nSPS) is 11.6. The number of anilines is 3. The first kappa shape index (κ1) is 23.1. The molecule has 6 heteroatoms. The summed E-state index contributed by atoms with van der Waals surface area (Å²) in [5.41, 5.74) is 11.2. The molecule has 2 aromatic heterocycles. The fourth-order valence-corrected chi connectivity index (χ4v) is 4.04. The molecule has 31 heavy (non-hydrogen) atoms. The highest BCUT2D eigenvalue weighted by molar-refractivity contribution is 5.78. The molecule has 0 unspecified atom stereocenters. The van der Waals surface area contributed by atoms with Crippen LogP contribution in [0, 0.1) is 25.7 Å². The second kappa shape index (κ2) is 10.1. The number of aromatic nitrogens is 3. The van der Waals surface area contributed by atoms with Crippen LogP contribution < -0.4 is 16.0 Å². The average Bonchev–Trinajstić information content (AvgIpc) is 3.00. The highest BCUT2D eigenvalue weighted by atomic mass is 15.3. The van der Waals surface area contributed by atoms with Crippen LogP contribution in [0.2, 0.25) is 0 Å². The van der Waals surface area contributed by atoms with Crippen LogP contribution in [-0.2, 0) is 6.54 Å². The lowest BCUT2D eigenvalue weighted by molar-refractivity contribution is 0.549. The van der Waals surface area contributed by atoms with Crippen LogP contribution in [0.5, 0.6) is 0 Å². The number of hydrogen-bond donors (Lipinski definition) is 2. The Morgan fingerprint density at radius 1 is 0.968 bits per heavy atom. The molecule has 0 atom stereocenters. The molecule has 0 saturated carbocycles. The van der Waals surface area contributed by atoms with Gasteiger partial charge in [0, 0.05) is 25.3 Å². The maximum Gasteiger partial charge on any atom is 0.209 e. The first-order valence-corrected chi connectivity index (χ1v) is 11.4. The Bertz CT molecular complexity index is 974. The minimum Gasteiger partial charge on any atom is -0.356 e. The SMILES string of the molecule is Cc1cc(C)cc(Nc2nc3ccc(N(CC(C)C)CC(C)C)nc3n2CCCN)c1. The average molecular weight is 423 g/mol. The van der Waals surface area contributed by atoms with Gasteiger partial charge in [0.25, 0.3) is 0 Å². The first-order chi connectivity index (χ1) is 14.8. The number of hydrogen-bond acceptors (Lipinski definition) is 5. The van der Waals surface area contributed by atoms with Gasteiger partial charge in [-0.2, -0.15) is 0 Å². The molecular formula is C25H38N6. The number of nitrogens with zero attached hydrogens (tertiary/aromatic N) is 4. The minimum absolute atomic E-state index is 0.570. The van der Waals surface area contributed by atoms with Crippen molar-refractivity contribution in [3.8, 4) is 0 Å². The molecule has 0 bridgehead atoms. The van der Waals surface area contributed by atoms with Gasteiger partial charge in [-0.3, -0.25) is 4.57 Å². The largest absolute Gasteiger partial charge is 0.356 e. The van der Waals surface area contributed by atoms with Gasteiger partial charge in [0.05, 0.1) is 0 Å². The minimum atomic E-state index is 0.570. The number of aryl methyl sites for hydroxylation is 3. The van der Waals surface area contributed by atoms with Crippen LogP contribution >= 0.6 is 0 Å². The third-order valence-corrected chi connectivity index (χ3v) is 5.14. The van der Waals surface area contributed by atoms with Gasteiger partial charge in [-0.05, 0) is 74.0 Å². The number of nitrogens with two attached hydrogens (primary N) is 1. The molecule has 0 saturated heterocycles. The number of imidazole rings is 1. The number of nitrogens with one attached hydrogen (secondary N) is 1. The number of pyridine rings is 1. The Labute approximate surface area is 186 Å². The highest BCUT2D eigenvalue weighted by Gasteiger charge is 2.17. The third kappa shape index (κ3) is 5.97. The predicted molar refractivity (Wildman–Crippen MR) is 132 cm³/mol. The van der Waals surface area contributed by atoms with E-state index in [1.54, 1.807) is 0 Å². The zero-order valence-electron chi connectivity index (χ0n) is 19.9. The monoisotopic (exact) mass is 422 g/mol. The summed E-state index contributed by atoms with van der Waals surface area (Å²) in [6.07, 6.45) is 0.876. The van der Waals surface area contributed by atoms with Gasteiger partial charge in [-0.15, -0.1) is 0 Å². The van der Waals surface area contributed by atoms with E-state index in [-0.39, 0.29) is 0 Å². The summed E-state index contributed by atoms with van der Waals surface area (Å²) in [7, 11) is 0. The Hall–Kier alpha value is -2.60. The van der Waals surface area contributed by atoms with Crippen LogP contribution in [0.3, 0.4) is 0 Å². The van der Waals surface area contributed by atoms with Crippen LogP contribution in [-0.4, -0.2) is 34.2 Å². The number of benzene rings is 1. The lowest BCUT2D eigenvalue weighted by Gasteiger charge is -2.27. The Balaban J connectivity index is 2.03. The van der Waals surface area contributed by atoms with Crippen molar-refractivity contribution in [2.24, 2.45) is 17.6 Å². The fraction of sp³-hybridized carbons (Fsp3) is 0.520. The second-order valence-corrected chi connectivity index (χ2v) is 9.44. The highest BCUT2D eigenvalue weighted by Crippen LogP contribution is 2.26. The van der Waals surface area contributed by atoms with Crippen molar-refractivity contribution >= 4 is 28.6 Å². The lowest BCUT2D eigenvalue weighted by Crippen LogP contribution is -2.32. The molecule has 3 rings (SSSR count). The summed E-state index contributed by atoms with van der Waals surface area (Å²) in [6, 6.07) is 10.7. The van der Waals surface area contributed by atoms with E-state index in [4.69, 9.17) is 15.7 Å². The van der Waals surface area contributed by atoms with Crippen molar-refractivity contribution in [2.45, 2.75) is 54.5 Å². The van der Waals surface area contributed by atoms with E-state index < -0.39 is 0 Å². The molecule has 2 heterocycles. The molecular weight excluding hydrogens is 384 g/mol. The van der Waals surface area contributed by atoms with E-state index in [0.29, 0.717) is 18.4 Å². The Morgan fingerprint density at radius 2 is 1.61 bits per heavy atom. The van der Waals surface area contributed by atoms with Crippen LogP contribution in [0.1, 0.15) is 45.2 Å². The summed E-state index contributed by atoms with van der Waals surface area (Å²) < 4.78 is 2.17. The van der Waals surface area contributed by atoms with Crippen molar-refractivity contribution in [3.05, 3.63) is 41.5 Å². The van der Waals surface area contributed by atoms with Crippen molar-refractivity contribution in [3.63, 3.8) is 0 Å². The first-order valence-electron chi connectivity index (χ1n) is 11.4. The molecule has 0 radical (unpaired) electrons. The van der Waals surface area contributed by atoms with E-state index >= 15 is 0 Å². The molecule has 0 spiro atoms. The zero-order valence-corrected chi connectivity index (χ0v) is 19.9. The maximum atomic E-state index is 5.84. The van der Waals surface area contributed by atoms with Crippen molar-refractivity contribution < 1.29 is 0 Å². The smallest absolute Gasteiger partial charge is 0.209 e. The van der Waals surface area contributed by atoms with E-state index in [1.807, 2.05) is 0 Å². The van der Waals surface area contributed by atoms with Crippen molar-refractivity contribution in [1.29, 1.82) is 0 Å². The summed E-state index contributed by atoms with van der Waals surface area (Å²) in [5.74, 6) is 2.97. The van der Waals surface area contributed by atoms with Gasteiger partial charge >= 0.3 is 0 Å². The summed E-state index contributed by atoms with van der Waals surface area (Å²) >= 11 is 0.